The minimum Gasteiger partial charge on any atom is -0.388 e. The molecule has 2 rings (SSSR count). The van der Waals surface area contributed by atoms with Crippen LogP contribution in [0.5, 0.6) is 0 Å². The Morgan fingerprint density at radius 3 is 2.62 bits per heavy atom. The molecule has 0 aliphatic heterocycles. The van der Waals surface area contributed by atoms with Gasteiger partial charge in [0.25, 0.3) is 5.56 Å². The Morgan fingerprint density at radius 1 is 1.33 bits per heavy atom. The van der Waals surface area contributed by atoms with E-state index in [0.29, 0.717) is 24.3 Å². The normalized spacial score (nSPS) is 20.2. The second-order valence-corrected chi connectivity index (χ2v) is 7.02. The molecule has 0 radical (unpaired) electrons. The van der Waals surface area contributed by atoms with Gasteiger partial charge in [-0.15, -0.1) is 0 Å². The van der Waals surface area contributed by atoms with Crippen LogP contribution in [-0.2, 0) is 6.54 Å². The van der Waals surface area contributed by atoms with E-state index in [0.717, 1.165) is 32.1 Å². The molecule has 2 N–H and O–H groups in total. The van der Waals surface area contributed by atoms with Crippen molar-refractivity contribution in [2.45, 2.75) is 65.0 Å². The maximum atomic E-state index is 12.2. The lowest BCUT2D eigenvalue weighted by molar-refractivity contribution is -0.0146. The van der Waals surface area contributed by atoms with E-state index in [1.807, 2.05) is 6.92 Å². The minimum atomic E-state index is -0.727. The van der Waals surface area contributed by atoms with E-state index in [1.54, 1.807) is 17.0 Å². The monoisotopic (exact) mass is 293 g/mol. The summed E-state index contributed by atoms with van der Waals surface area (Å²) in [5.74, 6) is 0.337. The first-order chi connectivity index (χ1) is 9.85. The van der Waals surface area contributed by atoms with Gasteiger partial charge in [0.15, 0.2) is 5.82 Å². The van der Waals surface area contributed by atoms with Crippen LogP contribution in [0.4, 0.5) is 5.82 Å². The predicted molar refractivity (Wildman–Crippen MR) is 84.5 cm³/mol. The molecule has 0 saturated heterocycles. The van der Waals surface area contributed by atoms with Gasteiger partial charge in [-0.3, -0.25) is 4.79 Å². The van der Waals surface area contributed by atoms with Gasteiger partial charge in [0.1, 0.15) is 0 Å². The molecule has 5 heteroatoms. The second-order valence-electron chi connectivity index (χ2n) is 7.02. The highest BCUT2D eigenvalue weighted by atomic mass is 16.3. The lowest BCUT2D eigenvalue weighted by atomic mass is 9.71. The van der Waals surface area contributed by atoms with Gasteiger partial charge in [0, 0.05) is 25.5 Å². The van der Waals surface area contributed by atoms with Crippen LogP contribution >= 0.6 is 0 Å². The number of aryl methyl sites for hydroxylation is 1. The number of hydrogen-bond acceptors (Lipinski definition) is 4. The molecule has 0 aromatic carbocycles. The summed E-state index contributed by atoms with van der Waals surface area (Å²) in [5, 5.41) is 13.7. The zero-order valence-electron chi connectivity index (χ0n) is 13.4. The summed E-state index contributed by atoms with van der Waals surface area (Å²) in [5.41, 5.74) is -0.528. The number of rotatable bonds is 5. The molecule has 1 aliphatic carbocycles. The first-order valence-corrected chi connectivity index (χ1v) is 7.87. The van der Waals surface area contributed by atoms with Crippen LogP contribution in [0, 0.1) is 5.41 Å². The SMILES string of the molecule is CCCn1ccnc(NCC2(O)CCC(C)(C)CC2)c1=O. The molecular formula is C16H27N3O2. The summed E-state index contributed by atoms with van der Waals surface area (Å²) in [6, 6.07) is 0. The Kier molecular flexibility index (Phi) is 4.71. The molecule has 1 heterocycles. The van der Waals surface area contributed by atoms with Crippen LogP contribution in [0.1, 0.15) is 52.9 Å². The van der Waals surface area contributed by atoms with Gasteiger partial charge in [0.2, 0.25) is 0 Å². The Hall–Kier alpha value is -1.36. The van der Waals surface area contributed by atoms with E-state index < -0.39 is 5.60 Å². The number of anilines is 1. The molecule has 1 saturated carbocycles. The van der Waals surface area contributed by atoms with E-state index in [9.17, 15) is 9.90 Å². The van der Waals surface area contributed by atoms with Crippen molar-refractivity contribution in [2.24, 2.45) is 5.41 Å². The molecular weight excluding hydrogens is 266 g/mol. The topological polar surface area (TPSA) is 67.2 Å². The summed E-state index contributed by atoms with van der Waals surface area (Å²) in [6.07, 6.45) is 7.79. The van der Waals surface area contributed by atoms with E-state index in [1.165, 1.54) is 0 Å². The van der Waals surface area contributed by atoms with Crippen molar-refractivity contribution >= 4 is 5.82 Å². The van der Waals surface area contributed by atoms with Gasteiger partial charge in [-0.1, -0.05) is 20.8 Å². The molecule has 1 aromatic heterocycles. The summed E-state index contributed by atoms with van der Waals surface area (Å²) in [4.78, 5) is 16.3. The van der Waals surface area contributed by atoms with Crippen LogP contribution < -0.4 is 10.9 Å². The Morgan fingerprint density at radius 2 is 2.00 bits per heavy atom. The average Bonchev–Trinajstić information content (AvgIpc) is 2.44. The molecule has 0 spiro atoms. The fourth-order valence-electron chi connectivity index (χ4n) is 2.80. The highest BCUT2D eigenvalue weighted by Crippen LogP contribution is 2.40. The fraction of sp³-hybridized carbons (Fsp3) is 0.750. The van der Waals surface area contributed by atoms with Crippen molar-refractivity contribution in [1.29, 1.82) is 0 Å². The van der Waals surface area contributed by atoms with E-state index in [2.05, 4.69) is 24.1 Å². The number of nitrogens with one attached hydrogen (secondary N) is 1. The van der Waals surface area contributed by atoms with Crippen LogP contribution in [0.15, 0.2) is 17.2 Å². The van der Waals surface area contributed by atoms with Gasteiger partial charge in [-0.05, 0) is 37.5 Å². The third-order valence-corrected chi connectivity index (χ3v) is 4.50. The molecule has 0 bridgehead atoms. The summed E-state index contributed by atoms with van der Waals surface area (Å²) in [6.45, 7) is 7.59. The van der Waals surface area contributed by atoms with Crippen LogP contribution in [0.25, 0.3) is 0 Å². The van der Waals surface area contributed by atoms with Crippen molar-refractivity contribution < 1.29 is 5.11 Å². The zero-order chi connectivity index (χ0) is 15.5. The summed E-state index contributed by atoms with van der Waals surface area (Å²) < 4.78 is 1.66. The summed E-state index contributed by atoms with van der Waals surface area (Å²) in [7, 11) is 0. The zero-order valence-corrected chi connectivity index (χ0v) is 13.4. The number of aromatic nitrogens is 2. The quantitative estimate of drug-likeness (QED) is 0.875. The minimum absolute atomic E-state index is 0.112. The molecule has 1 fully saturated rings. The van der Waals surface area contributed by atoms with Crippen molar-refractivity contribution in [1.82, 2.24) is 9.55 Å². The second kappa shape index (κ2) is 6.18. The van der Waals surface area contributed by atoms with E-state index in [4.69, 9.17) is 0 Å². The number of hydrogen-bond donors (Lipinski definition) is 2. The van der Waals surface area contributed by atoms with Crippen LogP contribution in [0.2, 0.25) is 0 Å². The molecule has 0 unspecified atom stereocenters. The first-order valence-electron chi connectivity index (χ1n) is 7.87. The maximum absolute atomic E-state index is 12.2. The lowest BCUT2D eigenvalue weighted by Gasteiger charge is -2.40. The van der Waals surface area contributed by atoms with Gasteiger partial charge in [-0.2, -0.15) is 0 Å². The number of nitrogens with zero attached hydrogens (tertiary/aromatic N) is 2. The molecule has 21 heavy (non-hydrogen) atoms. The molecule has 1 aliphatic rings. The van der Waals surface area contributed by atoms with Crippen LogP contribution in [-0.4, -0.2) is 26.8 Å². The largest absolute Gasteiger partial charge is 0.388 e. The Bertz CT molecular complexity index is 527. The third kappa shape index (κ3) is 4.06. The van der Waals surface area contributed by atoms with E-state index >= 15 is 0 Å². The van der Waals surface area contributed by atoms with E-state index in [-0.39, 0.29) is 5.56 Å². The molecule has 1 aromatic rings. The maximum Gasteiger partial charge on any atom is 0.293 e. The highest BCUT2D eigenvalue weighted by molar-refractivity contribution is 5.31. The van der Waals surface area contributed by atoms with Gasteiger partial charge >= 0.3 is 0 Å². The van der Waals surface area contributed by atoms with Crippen LogP contribution in [0.3, 0.4) is 0 Å². The van der Waals surface area contributed by atoms with Crippen molar-refractivity contribution in [2.75, 3.05) is 11.9 Å². The highest BCUT2D eigenvalue weighted by Gasteiger charge is 2.36. The molecule has 0 atom stereocenters. The smallest absolute Gasteiger partial charge is 0.293 e. The molecule has 5 nitrogen and oxygen atoms in total. The van der Waals surface area contributed by atoms with Crippen molar-refractivity contribution in [3.05, 3.63) is 22.7 Å². The van der Waals surface area contributed by atoms with Crippen molar-refractivity contribution in [3.63, 3.8) is 0 Å². The standard InChI is InChI=1S/C16H27N3O2/c1-4-10-19-11-9-17-13(14(19)20)18-12-16(21)7-5-15(2,3)6-8-16/h9,11,21H,4-8,10,12H2,1-3H3,(H,17,18). The van der Waals surface area contributed by atoms with Gasteiger partial charge < -0.3 is 15.0 Å². The third-order valence-electron chi connectivity index (χ3n) is 4.50. The van der Waals surface area contributed by atoms with Gasteiger partial charge in [0.05, 0.1) is 5.60 Å². The first kappa shape index (κ1) is 16.0. The Labute approximate surface area is 126 Å². The fourth-order valence-corrected chi connectivity index (χ4v) is 2.80. The molecule has 0 amide bonds. The predicted octanol–water partition coefficient (Wildman–Crippen LogP) is 2.40. The summed E-state index contributed by atoms with van der Waals surface area (Å²) >= 11 is 0. The number of aliphatic hydroxyl groups is 1. The lowest BCUT2D eigenvalue weighted by Crippen LogP contribution is -2.43. The molecule has 118 valence electrons. The van der Waals surface area contributed by atoms with Gasteiger partial charge in [-0.25, -0.2) is 4.98 Å². The Balaban J connectivity index is 2.00. The average molecular weight is 293 g/mol. The van der Waals surface area contributed by atoms with Crippen molar-refractivity contribution in [3.8, 4) is 0 Å².